The van der Waals surface area contributed by atoms with Crippen LogP contribution in [0.5, 0.6) is 0 Å². The van der Waals surface area contributed by atoms with Gasteiger partial charge in [0.15, 0.2) is 5.78 Å². The van der Waals surface area contributed by atoms with Crippen LogP contribution >= 0.6 is 11.8 Å². The standard InChI is InChI=1S/C46H67NO3S/c1-28(2)41-38(50)25-46(21-22-47-26-30-9-11-33(51-8)12-10-30)20-16-36-34(42(41)46)13-14-40-44(36,6)19-17-39-43(4,5)32(15-18-45(39,40)7)24-37(49)35-23-31(27-48)29(35)3/h9-12,27-29,31-32,34-36,39-40,47H,13-26H2,1-8H3. The van der Waals surface area contributed by atoms with E-state index >= 15 is 0 Å². The van der Waals surface area contributed by atoms with E-state index in [0.717, 1.165) is 51.5 Å². The Kier molecular flexibility index (Phi) is 10.2. The number of hydrogen-bond donors (Lipinski definition) is 1. The molecule has 5 fully saturated rings. The monoisotopic (exact) mass is 713 g/mol. The maximum Gasteiger partial charge on any atom is 0.159 e. The summed E-state index contributed by atoms with van der Waals surface area (Å²) in [6, 6.07) is 8.92. The highest BCUT2D eigenvalue weighted by molar-refractivity contribution is 7.98. The lowest BCUT2D eigenvalue weighted by molar-refractivity contribution is -0.193. The largest absolute Gasteiger partial charge is 0.313 e. The van der Waals surface area contributed by atoms with Gasteiger partial charge in [0.2, 0.25) is 0 Å². The Morgan fingerprint density at radius 3 is 2.35 bits per heavy atom. The molecular weight excluding hydrogens is 647 g/mol. The predicted molar refractivity (Wildman–Crippen MR) is 209 cm³/mol. The molecule has 0 aromatic heterocycles. The zero-order valence-corrected chi connectivity index (χ0v) is 33.9. The van der Waals surface area contributed by atoms with Gasteiger partial charge >= 0.3 is 0 Å². The summed E-state index contributed by atoms with van der Waals surface area (Å²) in [6.45, 7) is 18.8. The Hall–Kier alpha value is -1.72. The molecule has 0 bridgehead atoms. The number of carbonyl (C=O) groups excluding carboxylic acids is 3. The molecule has 6 aliphatic carbocycles. The van der Waals surface area contributed by atoms with Gasteiger partial charge in [0.25, 0.3) is 0 Å². The highest BCUT2D eigenvalue weighted by atomic mass is 32.2. The van der Waals surface area contributed by atoms with Gasteiger partial charge in [0.05, 0.1) is 0 Å². The fourth-order valence-corrected chi connectivity index (χ4v) is 14.7. The lowest BCUT2D eigenvalue weighted by Crippen LogP contribution is -2.62. The van der Waals surface area contributed by atoms with Crippen molar-refractivity contribution in [2.45, 2.75) is 137 Å². The number of nitrogens with one attached hydrogen (secondary N) is 1. The second-order valence-corrected chi connectivity index (χ2v) is 20.7. The molecule has 0 heterocycles. The Labute approximate surface area is 313 Å². The maximum absolute atomic E-state index is 14.0. The maximum atomic E-state index is 14.0. The normalized spacial score (nSPS) is 41.3. The van der Waals surface area contributed by atoms with E-state index in [-0.39, 0.29) is 28.6 Å². The molecule has 11 atom stereocenters. The summed E-state index contributed by atoms with van der Waals surface area (Å²) in [7, 11) is 0. The van der Waals surface area contributed by atoms with Gasteiger partial charge in [-0.3, -0.25) is 9.59 Å². The van der Waals surface area contributed by atoms with Crippen LogP contribution in [-0.4, -0.2) is 30.7 Å². The molecule has 1 aromatic rings. The number of allylic oxidation sites excluding steroid dienone is 2. The second kappa shape index (κ2) is 13.8. The van der Waals surface area contributed by atoms with Gasteiger partial charge in [0.1, 0.15) is 12.1 Å². The van der Waals surface area contributed by atoms with Crippen LogP contribution < -0.4 is 5.32 Å². The zero-order chi connectivity index (χ0) is 36.5. The average molecular weight is 714 g/mol. The first-order chi connectivity index (χ1) is 24.2. The molecule has 1 aromatic carbocycles. The van der Waals surface area contributed by atoms with Gasteiger partial charge in [0, 0.05) is 41.5 Å². The van der Waals surface area contributed by atoms with Gasteiger partial charge in [-0.2, -0.15) is 0 Å². The Bertz CT molecular complexity index is 1540. The van der Waals surface area contributed by atoms with Crippen molar-refractivity contribution in [2.75, 3.05) is 12.8 Å². The Morgan fingerprint density at radius 1 is 0.961 bits per heavy atom. The van der Waals surface area contributed by atoms with E-state index in [0.29, 0.717) is 64.3 Å². The first kappa shape index (κ1) is 37.6. The molecule has 7 rings (SSSR count). The molecule has 0 aliphatic heterocycles. The van der Waals surface area contributed by atoms with E-state index in [1.54, 1.807) is 17.3 Å². The van der Waals surface area contributed by atoms with Crippen molar-refractivity contribution in [3.63, 3.8) is 0 Å². The van der Waals surface area contributed by atoms with E-state index < -0.39 is 0 Å². The topological polar surface area (TPSA) is 63.2 Å². The first-order valence-corrected chi connectivity index (χ1v) is 22.0. The van der Waals surface area contributed by atoms with Crippen LogP contribution in [0.25, 0.3) is 0 Å². The highest BCUT2D eigenvalue weighted by Gasteiger charge is 2.66. The summed E-state index contributed by atoms with van der Waals surface area (Å²) < 4.78 is 0. The molecule has 6 aliphatic rings. The van der Waals surface area contributed by atoms with Crippen molar-refractivity contribution in [2.24, 2.45) is 74.9 Å². The highest BCUT2D eigenvalue weighted by Crippen LogP contribution is 2.74. The number of benzene rings is 1. The van der Waals surface area contributed by atoms with Gasteiger partial charge in [-0.1, -0.05) is 66.2 Å². The SMILES string of the molecule is CSc1ccc(CNCCC23CCC4C(CCC5C4(C)CCC4C(C)(C)C(CC(=O)C6CC(C=O)C6C)CCC45C)C2=C(C(C)C)C(=O)C3)cc1. The molecule has 5 heteroatoms. The lowest BCUT2D eigenvalue weighted by Gasteiger charge is -2.69. The minimum absolute atomic E-state index is 0.0358. The number of thioether (sulfide) groups is 1. The number of aldehydes is 1. The lowest BCUT2D eigenvalue weighted by atomic mass is 9.35. The predicted octanol–water partition coefficient (Wildman–Crippen LogP) is 10.5. The van der Waals surface area contributed by atoms with Crippen LogP contribution in [0.2, 0.25) is 0 Å². The van der Waals surface area contributed by atoms with E-state index in [2.05, 4.69) is 84.3 Å². The van der Waals surface area contributed by atoms with Gasteiger partial charge in [-0.05, 0) is 158 Å². The zero-order valence-electron chi connectivity index (χ0n) is 33.1. The Balaban J connectivity index is 1.08. The summed E-state index contributed by atoms with van der Waals surface area (Å²) in [5.74, 6) is 4.53. The summed E-state index contributed by atoms with van der Waals surface area (Å²) in [5, 5.41) is 3.78. The third-order valence-electron chi connectivity index (χ3n) is 17.1. The smallest absolute Gasteiger partial charge is 0.159 e. The van der Waals surface area contributed by atoms with Crippen LogP contribution in [0.15, 0.2) is 40.3 Å². The van der Waals surface area contributed by atoms with Crippen LogP contribution in [-0.2, 0) is 20.9 Å². The van der Waals surface area contributed by atoms with Crippen molar-refractivity contribution < 1.29 is 14.4 Å². The van der Waals surface area contributed by atoms with Gasteiger partial charge in [-0.15, -0.1) is 11.8 Å². The number of carbonyl (C=O) groups is 3. The molecule has 4 nitrogen and oxygen atoms in total. The molecule has 5 saturated carbocycles. The Morgan fingerprint density at radius 2 is 1.69 bits per heavy atom. The molecule has 11 unspecified atom stereocenters. The van der Waals surface area contributed by atoms with Crippen LogP contribution in [0, 0.1) is 74.9 Å². The molecule has 0 saturated heterocycles. The minimum Gasteiger partial charge on any atom is -0.313 e. The molecule has 51 heavy (non-hydrogen) atoms. The van der Waals surface area contributed by atoms with Crippen molar-refractivity contribution in [1.82, 2.24) is 5.32 Å². The van der Waals surface area contributed by atoms with Crippen molar-refractivity contribution in [1.29, 1.82) is 0 Å². The van der Waals surface area contributed by atoms with E-state index in [4.69, 9.17) is 0 Å². The summed E-state index contributed by atoms with van der Waals surface area (Å²) in [6.07, 6.45) is 16.3. The third kappa shape index (κ3) is 6.09. The van der Waals surface area contributed by atoms with Crippen LogP contribution in [0.1, 0.15) is 131 Å². The first-order valence-electron chi connectivity index (χ1n) is 20.8. The number of hydrogen-bond acceptors (Lipinski definition) is 5. The second-order valence-electron chi connectivity index (χ2n) is 19.9. The fourth-order valence-electron chi connectivity index (χ4n) is 14.3. The number of rotatable bonds is 11. The number of fused-ring (bicyclic) bond motifs is 7. The molecule has 280 valence electrons. The number of Topliss-reactive ketones (excluding diaryl/α,β-unsaturated/α-hetero) is 2. The van der Waals surface area contributed by atoms with Crippen molar-refractivity contribution in [3.8, 4) is 0 Å². The molecular formula is C46H67NO3S. The molecule has 0 radical (unpaired) electrons. The van der Waals surface area contributed by atoms with Gasteiger partial charge in [-0.25, -0.2) is 0 Å². The summed E-state index contributed by atoms with van der Waals surface area (Å²) >= 11 is 1.79. The van der Waals surface area contributed by atoms with E-state index in [1.807, 2.05) is 0 Å². The third-order valence-corrected chi connectivity index (χ3v) is 17.9. The molecule has 0 amide bonds. The average Bonchev–Trinajstić information content (AvgIpc) is 3.40. The summed E-state index contributed by atoms with van der Waals surface area (Å²) in [5.41, 5.74) is 4.91. The fraction of sp³-hybridized carbons (Fsp3) is 0.761. The van der Waals surface area contributed by atoms with Crippen molar-refractivity contribution >= 4 is 29.6 Å². The molecule has 0 spiro atoms. The summed E-state index contributed by atoms with van der Waals surface area (Å²) in [4.78, 5) is 40.2. The van der Waals surface area contributed by atoms with Crippen LogP contribution in [0.4, 0.5) is 0 Å². The minimum atomic E-state index is 0.0358. The quantitative estimate of drug-likeness (QED) is 0.141. The van der Waals surface area contributed by atoms with Gasteiger partial charge < -0.3 is 10.1 Å². The van der Waals surface area contributed by atoms with Crippen LogP contribution in [0.3, 0.4) is 0 Å². The number of ketones is 2. The van der Waals surface area contributed by atoms with E-state index in [1.165, 1.54) is 54.6 Å². The van der Waals surface area contributed by atoms with E-state index in [9.17, 15) is 14.4 Å². The van der Waals surface area contributed by atoms with Crippen molar-refractivity contribution in [3.05, 3.63) is 41.0 Å². The molecule has 1 N–H and O–H groups in total.